The molecule has 2 heterocycles. The quantitative estimate of drug-likeness (QED) is 0.424. The minimum atomic E-state index is -0.681. The maximum Gasteiger partial charge on any atom is 0.419 e. The van der Waals surface area contributed by atoms with E-state index in [-0.39, 0.29) is 6.09 Å². The molecule has 6 nitrogen and oxygen atoms in total. The second kappa shape index (κ2) is 7.90. The van der Waals surface area contributed by atoms with Gasteiger partial charge < -0.3 is 9.47 Å². The van der Waals surface area contributed by atoms with E-state index in [1.165, 1.54) is 16.7 Å². The molecule has 0 spiro atoms. The fourth-order valence-corrected chi connectivity index (χ4v) is 3.91. The van der Waals surface area contributed by atoms with Gasteiger partial charge in [0.1, 0.15) is 17.0 Å². The van der Waals surface area contributed by atoms with Crippen molar-refractivity contribution in [1.82, 2.24) is 9.47 Å². The second-order valence-electron chi connectivity index (χ2n) is 10.4. The topological polar surface area (TPSA) is 60.8 Å². The summed E-state index contributed by atoms with van der Waals surface area (Å²) >= 11 is 0. The third-order valence-corrected chi connectivity index (χ3v) is 5.25. The van der Waals surface area contributed by atoms with E-state index in [4.69, 9.17) is 9.47 Å². The van der Waals surface area contributed by atoms with Gasteiger partial charge in [-0.3, -0.25) is 9.47 Å². The highest BCUT2D eigenvalue weighted by molar-refractivity contribution is 6.00. The van der Waals surface area contributed by atoms with Crippen LogP contribution in [0, 0.1) is 5.82 Å². The number of nitrogens with zero attached hydrogens (tertiary/aromatic N) is 2. The largest absolute Gasteiger partial charge is 0.444 e. The van der Waals surface area contributed by atoms with Crippen molar-refractivity contribution < 1.29 is 23.5 Å². The molecular formula is C26H29FN2O4. The van der Waals surface area contributed by atoms with Crippen LogP contribution in [-0.2, 0) is 22.6 Å². The molecular weight excluding hydrogens is 423 g/mol. The Bertz CT molecular complexity index is 1250. The minimum Gasteiger partial charge on any atom is -0.444 e. The summed E-state index contributed by atoms with van der Waals surface area (Å²) in [7, 11) is 0. The summed E-state index contributed by atoms with van der Waals surface area (Å²) in [5.41, 5.74) is 2.92. The van der Waals surface area contributed by atoms with Crippen molar-refractivity contribution in [1.29, 1.82) is 0 Å². The summed E-state index contributed by atoms with van der Waals surface area (Å²) < 4.78 is 26.4. The summed E-state index contributed by atoms with van der Waals surface area (Å²) in [5, 5.41) is 0.740. The van der Waals surface area contributed by atoms with Crippen LogP contribution in [0.5, 0.6) is 0 Å². The molecule has 4 rings (SSSR count). The minimum absolute atomic E-state index is 0.350. The molecule has 1 amide bonds. The van der Waals surface area contributed by atoms with Gasteiger partial charge in [0.05, 0.1) is 5.52 Å². The summed E-state index contributed by atoms with van der Waals surface area (Å²) in [5.74, 6) is -0.432. The predicted molar refractivity (Wildman–Crippen MR) is 124 cm³/mol. The van der Waals surface area contributed by atoms with Gasteiger partial charge in [-0.15, -0.1) is 0 Å². The van der Waals surface area contributed by atoms with Gasteiger partial charge in [-0.2, -0.15) is 0 Å². The van der Waals surface area contributed by atoms with E-state index in [1.54, 1.807) is 37.9 Å². The molecule has 7 heteroatoms. The van der Waals surface area contributed by atoms with Crippen LogP contribution in [0.25, 0.3) is 22.0 Å². The Kier molecular flexibility index (Phi) is 5.47. The lowest BCUT2D eigenvalue weighted by Gasteiger charge is -2.24. The number of benzene rings is 2. The molecule has 0 N–H and O–H groups in total. The third-order valence-electron chi connectivity index (χ3n) is 5.25. The number of carbonyl (C=O) groups excluding carboxylic acids is 2. The first-order valence-corrected chi connectivity index (χ1v) is 10.9. The molecule has 0 aliphatic carbocycles. The van der Waals surface area contributed by atoms with Crippen LogP contribution >= 0.6 is 0 Å². The predicted octanol–water partition coefficient (Wildman–Crippen LogP) is 6.48. The Balaban J connectivity index is 1.70. The van der Waals surface area contributed by atoms with E-state index < -0.39 is 23.1 Å². The molecule has 0 fully saturated rings. The molecule has 174 valence electrons. The lowest BCUT2D eigenvalue weighted by Crippen LogP contribution is -2.33. The molecule has 2 aromatic carbocycles. The molecule has 33 heavy (non-hydrogen) atoms. The van der Waals surface area contributed by atoms with Crippen molar-refractivity contribution in [3.8, 4) is 11.1 Å². The van der Waals surface area contributed by atoms with Crippen LogP contribution in [0.3, 0.4) is 0 Å². The van der Waals surface area contributed by atoms with E-state index in [0.29, 0.717) is 18.6 Å². The monoisotopic (exact) mass is 452 g/mol. The fraction of sp³-hybridized carbons (Fsp3) is 0.385. The number of amides is 1. The van der Waals surface area contributed by atoms with Crippen molar-refractivity contribution in [2.75, 3.05) is 0 Å². The van der Waals surface area contributed by atoms with Gasteiger partial charge in [0.25, 0.3) is 0 Å². The zero-order valence-electron chi connectivity index (χ0n) is 19.9. The Morgan fingerprint density at radius 2 is 1.48 bits per heavy atom. The highest BCUT2D eigenvalue weighted by Crippen LogP contribution is 2.35. The van der Waals surface area contributed by atoms with Gasteiger partial charge in [-0.05, 0) is 82.5 Å². The summed E-state index contributed by atoms with van der Waals surface area (Å²) in [6, 6.07) is 10.3. The number of ether oxygens (including phenoxy) is 2. The van der Waals surface area contributed by atoms with Crippen LogP contribution in [-0.4, -0.2) is 32.9 Å². The first-order chi connectivity index (χ1) is 15.3. The van der Waals surface area contributed by atoms with Crippen LogP contribution in [0.2, 0.25) is 0 Å². The average Bonchev–Trinajstić information content (AvgIpc) is 3.26. The molecule has 0 saturated heterocycles. The lowest BCUT2D eigenvalue weighted by atomic mass is 10.0. The number of hydrogen-bond donors (Lipinski definition) is 0. The SMILES string of the molecule is CC(C)(C)OC(=O)N1Cc2ccc(-c3cn(C(=O)OC(C)(C)C)c4cc(F)ccc34)cc2C1. The zero-order chi connectivity index (χ0) is 24.1. The number of rotatable bonds is 1. The van der Waals surface area contributed by atoms with E-state index in [9.17, 15) is 14.0 Å². The molecule has 0 unspecified atom stereocenters. The number of fused-ring (bicyclic) bond motifs is 2. The van der Waals surface area contributed by atoms with E-state index in [2.05, 4.69) is 0 Å². The molecule has 0 saturated carbocycles. The first kappa shape index (κ1) is 22.8. The van der Waals surface area contributed by atoms with Gasteiger partial charge in [0, 0.05) is 30.2 Å². The van der Waals surface area contributed by atoms with Crippen molar-refractivity contribution in [3.05, 3.63) is 59.5 Å². The van der Waals surface area contributed by atoms with Crippen molar-refractivity contribution in [2.45, 2.75) is 65.8 Å². The van der Waals surface area contributed by atoms with Gasteiger partial charge in [0.15, 0.2) is 0 Å². The Hall–Kier alpha value is -3.35. The number of aromatic nitrogens is 1. The Morgan fingerprint density at radius 3 is 2.15 bits per heavy atom. The van der Waals surface area contributed by atoms with Gasteiger partial charge in [-0.25, -0.2) is 14.0 Å². The Labute approximate surface area is 192 Å². The average molecular weight is 453 g/mol. The summed E-state index contributed by atoms with van der Waals surface area (Å²) in [4.78, 5) is 27.0. The number of hydrogen-bond acceptors (Lipinski definition) is 4. The summed E-state index contributed by atoms with van der Waals surface area (Å²) in [6.07, 6.45) is 0.763. The molecule has 3 aromatic rings. The van der Waals surface area contributed by atoms with E-state index in [0.717, 1.165) is 27.6 Å². The van der Waals surface area contributed by atoms with Gasteiger partial charge in [-0.1, -0.05) is 12.1 Å². The number of carbonyl (C=O) groups is 2. The molecule has 0 atom stereocenters. The third kappa shape index (κ3) is 4.87. The van der Waals surface area contributed by atoms with Crippen LogP contribution in [0.15, 0.2) is 42.6 Å². The molecule has 0 bridgehead atoms. The van der Waals surface area contributed by atoms with Crippen molar-refractivity contribution in [2.24, 2.45) is 0 Å². The Morgan fingerprint density at radius 1 is 0.848 bits per heavy atom. The zero-order valence-corrected chi connectivity index (χ0v) is 19.9. The molecule has 1 aliphatic rings. The molecule has 1 aliphatic heterocycles. The second-order valence-corrected chi connectivity index (χ2v) is 10.4. The summed E-state index contributed by atoms with van der Waals surface area (Å²) in [6.45, 7) is 11.8. The number of halogens is 1. The van der Waals surface area contributed by atoms with Crippen LogP contribution < -0.4 is 0 Å². The standard InChI is InChI=1S/C26H29FN2O4/c1-25(2,3)32-23(30)28-13-17-8-7-16(11-18(17)14-28)21-15-29(24(31)33-26(4,5)6)22-12-19(27)9-10-20(21)22/h7-12,15H,13-14H2,1-6H3. The fourth-order valence-electron chi connectivity index (χ4n) is 3.91. The van der Waals surface area contributed by atoms with Gasteiger partial charge >= 0.3 is 12.2 Å². The molecule has 0 radical (unpaired) electrons. The maximum atomic E-state index is 14.0. The van der Waals surface area contributed by atoms with Crippen LogP contribution in [0.1, 0.15) is 52.7 Å². The lowest BCUT2D eigenvalue weighted by molar-refractivity contribution is 0.0241. The first-order valence-electron chi connectivity index (χ1n) is 10.9. The maximum absolute atomic E-state index is 14.0. The molecule has 1 aromatic heterocycles. The van der Waals surface area contributed by atoms with Crippen molar-refractivity contribution in [3.63, 3.8) is 0 Å². The van der Waals surface area contributed by atoms with E-state index in [1.807, 2.05) is 39.0 Å². The van der Waals surface area contributed by atoms with Crippen molar-refractivity contribution >= 4 is 23.1 Å². The highest BCUT2D eigenvalue weighted by Gasteiger charge is 2.28. The van der Waals surface area contributed by atoms with E-state index >= 15 is 0 Å². The highest BCUT2D eigenvalue weighted by atomic mass is 19.1. The smallest absolute Gasteiger partial charge is 0.419 e. The van der Waals surface area contributed by atoms with Crippen LogP contribution in [0.4, 0.5) is 14.0 Å². The normalized spacial score (nSPS) is 13.8. The van der Waals surface area contributed by atoms with Gasteiger partial charge in [0.2, 0.25) is 0 Å².